The van der Waals surface area contributed by atoms with Gasteiger partial charge in [0.1, 0.15) is 0 Å². The van der Waals surface area contributed by atoms with Crippen molar-refractivity contribution in [2.75, 3.05) is 33.9 Å². The van der Waals surface area contributed by atoms with Crippen molar-refractivity contribution in [3.8, 4) is 11.5 Å². The first-order valence-electron chi connectivity index (χ1n) is 7.74. The molecule has 0 N–H and O–H groups in total. The van der Waals surface area contributed by atoms with Crippen LogP contribution in [0.15, 0.2) is 18.2 Å². The van der Waals surface area contributed by atoms with Gasteiger partial charge in [-0.1, -0.05) is 0 Å². The van der Waals surface area contributed by atoms with E-state index in [0.717, 1.165) is 25.1 Å². The maximum absolute atomic E-state index is 12.2. The van der Waals surface area contributed by atoms with Gasteiger partial charge < -0.3 is 26.8 Å². The van der Waals surface area contributed by atoms with Gasteiger partial charge in [0.15, 0.2) is 17.3 Å². The highest BCUT2D eigenvalue weighted by atomic mass is 35.5. The van der Waals surface area contributed by atoms with Crippen molar-refractivity contribution in [1.29, 1.82) is 0 Å². The fourth-order valence-electron chi connectivity index (χ4n) is 2.30. The van der Waals surface area contributed by atoms with Crippen LogP contribution in [0.5, 0.6) is 11.5 Å². The Labute approximate surface area is 139 Å². The minimum Gasteiger partial charge on any atom is -1.00 e. The Morgan fingerprint density at radius 2 is 1.68 bits per heavy atom. The molecule has 1 heterocycles. The summed E-state index contributed by atoms with van der Waals surface area (Å²) in [5, 5.41) is 0. The van der Waals surface area contributed by atoms with E-state index in [9.17, 15) is 4.79 Å². The van der Waals surface area contributed by atoms with E-state index in [0.29, 0.717) is 30.9 Å². The summed E-state index contributed by atoms with van der Waals surface area (Å²) < 4.78 is 11.5. The molecule has 0 aromatic heterocycles. The lowest BCUT2D eigenvalue weighted by atomic mass is 10.1. The summed E-state index contributed by atoms with van der Waals surface area (Å²) in [6, 6.07) is 5.53. The molecule has 2 rings (SSSR count). The molecule has 22 heavy (non-hydrogen) atoms. The van der Waals surface area contributed by atoms with E-state index in [1.165, 1.54) is 12.8 Å². The molecule has 0 bridgehead atoms. The second kappa shape index (κ2) is 9.70. The lowest BCUT2D eigenvalue weighted by Gasteiger charge is -2.16. The Hall–Kier alpha value is -1.26. The number of halogens is 1. The number of carbonyl (C=O) groups excluding carboxylic acids is 1. The second-order valence-corrected chi connectivity index (χ2v) is 5.75. The van der Waals surface area contributed by atoms with E-state index < -0.39 is 0 Å². The van der Waals surface area contributed by atoms with E-state index in [1.807, 2.05) is 37.2 Å². The molecule has 4 nitrogen and oxygen atoms in total. The van der Waals surface area contributed by atoms with Gasteiger partial charge >= 0.3 is 0 Å². The van der Waals surface area contributed by atoms with Crippen LogP contribution in [0.4, 0.5) is 0 Å². The van der Waals surface area contributed by atoms with Crippen molar-refractivity contribution >= 4 is 5.78 Å². The number of Topliss-reactive ketones (excluding diaryl/α,β-unsaturated/α-hetero) is 1. The largest absolute Gasteiger partial charge is 1.00 e. The third-order valence-electron chi connectivity index (χ3n) is 3.61. The molecular weight excluding hydrogens is 302 g/mol. The number of hydrogen-bond donors (Lipinski definition) is 0. The van der Waals surface area contributed by atoms with Crippen LogP contribution in [0.2, 0.25) is 0 Å². The lowest BCUT2D eigenvalue weighted by Crippen LogP contribution is -3.00. The highest BCUT2D eigenvalue weighted by molar-refractivity contribution is 5.96. The highest BCUT2D eigenvalue weighted by Gasteiger charge is 2.13. The summed E-state index contributed by atoms with van der Waals surface area (Å²) in [5.41, 5.74) is 0.705. The van der Waals surface area contributed by atoms with Gasteiger partial charge in [0, 0.05) is 18.5 Å². The van der Waals surface area contributed by atoms with Crippen LogP contribution < -0.4 is 21.9 Å². The smallest absolute Gasteiger partial charge is 0.164 e. The van der Waals surface area contributed by atoms with Crippen LogP contribution in [0, 0.1) is 0 Å². The topological polar surface area (TPSA) is 38.8 Å². The van der Waals surface area contributed by atoms with Crippen LogP contribution in [0.25, 0.3) is 0 Å². The van der Waals surface area contributed by atoms with Crippen LogP contribution in [-0.4, -0.2) is 44.5 Å². The zero-order valence-electron chi connectivity index (χ0n) is 13.4. The number of benzene rings is 1. The Balaban J connectivity index is 0.00000242. The van der Waals surface area contributed by atoms with E-state index >= 15 is 0 Å². The first-order valence-corrected chi connectivity index (χ1v) is 7.74. The number of carbonyl (C=O) groups is 1. The number of rotatable bonds is 4. The molecule has 0 atom stereocenters. The third-order valence-corrected chi connectivity index (χ3v) is 3.61. The molecule has 1 aromatic rings. The number of ether oxygens (including phenoxy) is 2. The zero-order chi connectivity index (χ0) is 15.1. The molecule has 0 spiro atoms. The summed E-state index contributed by atoms with van der Waals surface area (Å²) >= 11 is 0. The average Bonchev–Trinajstić information content (AvgIpc) is 2.49. The molecule has 1 aliphatic heterocycles. The molecule has 1 aliphatic rings. The first-order chi connectivity index (χ1) is 10.2. The van der Waals surface area contributed by atoms with Gasteiger partial charge in [0.25, 0.3) is 0 Å². The zero-order valence-corrected chi connectivity index (χ0v) is 14.2. The summed E-state index contributed by atoms with van der Waals surface area (Å²) in [5.74, 6) is 1.60. The number of nitrogens with zero attached hydrogens (tertiary/aromatic N) is 1. The predicted octanol–water partition coefficient (Wildman–Crippen LogP) is 0.157. The van der Waals surface area contributed by atoms with Crippen LogP contribution >= 0.6 is 0 Å². The minimum atomic E-state index is 0. The normalized spacial score (nSPS) is 15.0. The van der Waals surface area contributed by atoms with Gasteiger partial charge in [0.05, 0.1) is 13.2 Å². The molecule has 0 saturated carbocycles. The quantitative estimate of drug-likeness (QED) is 0.739. The molecule has 0 unspecified atom stereocenters. The van der Waals surface area contributed by atoms with Crippen LogP contribution in [-0.2, 0) is 0 Å². The number of ketones is 1. The Kier molecular flexibility index (Phi) is 8.28. The fourth-order valence-corrected chi connectivity index (χ4v) is 2.30. The van der Waals surface area contributed by atoms with Gasteiger partial charge in [-0.25, -0.2) is 0 Å². The lowest BCUT2D eigenvalue weighted by molar-refractivity contribution is -0.0000131. The van der Waals surface area contributed by atoms with Crippen molar-refractivity contribution in [1.82, 2.24) is 4.90 Å². The van der Waals surface area contributed by atoms with Crippen molar-refractivity contribution in [3.63, 3.8) is 0 Å². The standard InChI is InChI=1S/C17H25NO3.ClH/c1-18(2)10-9-15(19)14-7-8-16-17(13-14)21-12-6-4-3-5-11-20-16;/h7-8,13H,3-6,9-12H2,1-2H3;1H/p-1. The van der Waals surface area contributed by atoms with Crippen LogP contribution in [0.1, 0.15) is 42.5 Å². The van der Waals surface area contributed by atoms with Gasteiger partial charge in [-0.3, -0.25) is 4.79 Å². The average molecular weight is 327 g/mol. The maximum atomic E-state index is 12.2. The number of fused-ring (bicyclic) bond motifs is 1. The Morgan fingerprint density at radius 1 is 1.05 bits per heavy atom. The highest BCUT2D eigenvalue weighted by Crippen LogP contribution is 2.30. The maximum Gasteiger partial charge on any atom is 0.164 e. The Bertz CT molecular complexity index is 477. The van der Waals surface area contributed by atoms with Gasteiger partial charge in [-0.05, 0) is 58.0 Å². The summed E-state index contributed by atoms with van der Waals surface area (Å²) in [7, 11) is 3.94. The minimum absolute atomic E-state index is 0. The van der Waals surface area contributed by atoms with E-state index in [-0.39, 0.29) is 18.2 Å². The molecular formula is C17H25ClNO3-. The molecule has 0 amide bonds. The van der Waals surface area contributed by atoms with Crippen LogP contribution in [0.3, 0.4) is 0 Å². The van der Waals surface area contributed by atoms with Crippen molar-refractivity contribution in [2.45, 2.75) is 32.1 Å². The van der Waals surface area contributed by atoms with Crippen molar-refractivity contribution < 1.29 is 26.7 Å². The fraction of sp³-hybridized carbons (Fsp3) is 0.588. The van der Waals surface area contributed by atoms with Crippen molar-refractivity contribution in [2.24, 2.45) is 0 Å². The van der Waals surface area contributed by atoms with E-state index in [4.69, 9.17) is 9.47 Å². The Morgan fingerprint density at radius 3 is 2.32 bits per heavy atom. The first kappa shape index (κ1) is 18.8. The van der Waals surface area contributed by atoms with Gasteiger partial charge in [-0.15, -0.1) is 0 Å². The molecule has 5 heteroatoms. The third kappa shape index (κ3) is 5.85. The predicted molar refractivity (Wildman–Crippen MR) is 83.4 cm³/mol. The number of hydrogen-bond acceptors (Lipinski definition) is 4. The molecule has 0 radical (unpaired) electrons. The molecule has 0 fully saturated rings. The monoisotopic (exact) mass is 326 g/mol. The van der Waals surface area contributed by atoms with E-state index in [1.54, 1.807) is 0 Å². The second-order valence-electron chi connectivity index (χ2n) is 5.75. The SMILES string of the molecule is CN(C)CCC(=O)c1ccc2c(c1)OCCCCCCO2.[Cl-]. The van der Waals surface area contributed by atoms with Crippen molar-refractivity contribution in [3.05, 3.63) is 23.8 Å². The molecule has 124 valence electrons. The van der Waals surface area contributed by atoms with Gasteiger partial charge in [0.2, 0.25) is 0 Å². The summed E-state index contributed by atoms with van der Waals surface area (Å²) in [6.07, 6.45) is 4.99. The van der Waals surface area contributed by atoms with Gasteiger partial charge in [-0.2, -0.15) is 0 Å². The molecule has 0 aliphatic carbocycles. The molecule has 1 aromatic carbocycles. The van der Waals surface area contributed by atoms with E-state index in [2.05, 4.69) is 0 Å². The summed E-state index contributed by atoms with van der Waals surface area (Å²) in [6.45, 7) is 2.16. The summed E-state index contributed by atoms with van der Waals surface area (Å²) in [4.78, 5) is 14.2. The molecule has 0 saturated heterocycles.